The molecule has 1 amide bonds. The number of aromatic nitrogens is 1. The number of oxime groups is 1. The van der Waals surface area contributed by atoms with Crippen molar-refractivity contribution in [1.82, 2.24) is 15.6 Å². The Hall–Kier alpha value is -2.80. The van der Waals surface area contributed by atoms with Gasteiger partial charge in [0.25, 0.3) is 0 Å². The van der Waals surface area contributed by atoms with Crippen LogP contribution in [0.5, 0.6) is 0 Å². The van der Waals surface area contributed by atoms with E-state index in [-0.39, 0.29) is 18.7 Å². The van der Waals surface area contributed by atoms with Crippen molar-refractivity contribution >= 4 is 11.6 Å². The fraction of sp³-hybridized carbons (Fsp3) is 0.381. The Morgan fingerprint density at radius 1 is 1.21 bits per heavy atom. The smallest absolute Gasteiger partial charge is 0.217 e. The Morgan fingerprint density at radius 3 is 2.68 bits per heavy atom. The van der Waals surface area contributed by atoms with Crippen LogP contribution in [0.15, 0.2) is 47.8 Å². The van der Waals surface area contributed by atoms with Crippen LogP contribution in [0.1, 0.15) is 30.9 Å². The summed E-state index contributed by atoms with van der Waals surface area (Å²) in [4.78, 5) is 20.9. The van der Waals surface area contributed by atoms with Gasteiger partial charge in [0.2, 0.25) is 5.91 Å². The molecule has 6 nitrogen and oxygen atoms in total. The highest BCUT2D eigenvalue weighted by atomic mass is 19.1. The molecule has 1 atom stereocenters. The Labute approximate surface area is 164 Å². The third-order valence-corrected chi connectivity index (χ3v) is 4.47. The Bertz CT molecular complexity index is 806. The number of carbonyl (C=O) groups is 1. The summed E-state index contributed by atoms with van der Waals surface area (Å²) in [7, 11) is 0. The van der Waals surface area contributed by atoms with Crippen LogP contribution in [-0.4, -0.2) is 42.5 Å². The maximum atomic E-state index is 12.1. The lowest BCUT2D eigenvalue weighted by atomic mass is 10.0. The van der Waals surface area contributed by atoms with Crippen LogP contribution < -0.4 is 10.6 Å². The predicted octanol–water partition coefficient (Wildman–Crippen LogP) is 2.83. The molecule has 1 aromatic carbocycles. The van der Waals surface area contributed by atoms with Gasteiger partial charge in [-0.15, -0.1) is 0 Å². The summed E-state index contributed by atoms with van der Waals surface area (Å²) < 4.78 is 12.1. The number of alkyl halides is 1. The number of benzene rings is 1. The highest BCUT2D eigenvalue weighted by Gasteiger charge is 2.22. The monoisotopic (exact) mass is 384 g/mol. The molecule has 0 saturated heterocycles. The molecule has 1 aliphatic heterocycles. The van der Waals surface area contributed by atoms with Gasteiger partial charge in [0.1, 0.15) is 6.10 Å². The van der Waals surface area contributed by atoms with Gasteiger partial charge in [-0.05, 0) is 30.7 Å². The predicted molar refractivity (Wildman–Crippen MR) is 107 cm³/mol. The zero-order valence-electron chi connectivity index (χ0n) is 16.0. The van der Waals surface area contributed by atoms with Crippen LogP contribution in [0.25, 0.3) is 11.3 Å². The van der Waals surface area contributed by atoms with Crippen LogP contribution in [0.4, 0.5) is 4.39 Å². The van der Waals surface area contributed by atoms with Gasteiger partial charge >= 0.3 is 0 Å². The molecule has 148 valence electrons. The first-order valence-corrected chi connectivity index (χ1v) is 9.45. The average molecular weight is 384 g/mol. The highest BCUT2D eigenvalue weighted by Crippen LogP contribution is 2.20. The van der Waals surface area contributed by atoms with Gasteiger partial charge in [0.05, 0.1) is 24.6 Å². The average Bonchev–Trinajstić information content (AvgIpc) is 3.19. The molecule has 2 heterocycles. The van der Waals surface area contributed by atoms with E-state index in [4.69, 9.17) is 4.84 Å². The molecule has 1 aromatic heterocycles. The van der Waals surface area contributed by atoms with Gasteiger partial charge in [0.15, 0.2) is 0 Å². The van der Waals surface area contributed by atoms with Crippen LogP contribution >= 0.6 is 0 Å². The summed E-state index contributed by atoms with van der Waals surface area (Å²) in [6.07, 6.45) is 2.85. The molecule has 0 saturated carbocycles. The second-order valence-corrected chi connectivity index (χ2v) is 6.75. The largest absolute Gasteiger partial charge is 0.390 e. The standard InChI is InChI=1S/C21H25FN4O2/c1-15(27)24-14-19-11-21(26-28-19)18-7-8-20(25-13-18)17-5-3-16(4-6-17)12-23-10-2-9-22/h3-8,13,19,23H,2,9-12,14H2,1H3,(H,24,27). The summed E-state index contributed by atoms with van der Waals surface area (Å²) in [6.45, 7) is 3.05. The minimum absolute atomic E-state index is 0.0790. The number of nitrogens with zero attached hydrogens (tertiary/aromatic N) is 2. The number of rotatable bonds is 9. The molecule has 28 heavy (non-hydrogen) atoms. The third-order valence-electron chi connectivity index (χ3n) is 4.47. The normalized spacial score (nSPS) is 15.8. The lowest BCUT2D eigenvalue weighted by Gasteiger charge is -2.08. The molecule has 2 N–H and O–H groups in total. The van der Waals surface area contributed by atoms with E-state index in [1.807, 2.05) is 24.3 Å². The maximum absolute atomic E-state index is 12.1. The summed E-state index contributed by atoms with van der Waals surface area (Å²) in [5, 5.41) is 10.1. The Morgan fingerprint density at radius 2 is 2.00 bits per heavy atom. The number of nitrogens with one attached hydrogen (secondary N) is 2. The van der Waals surface area contributed by atoms with E-state index in [0.717, 1.165) is 34.6 Å². The second-order valence-electron chi connectivity index (χ2n) is 6.75. The molecule has 1 unspecified atom stereocenters. The molecule has 3 rings (SSSR count). The number of carbonyl (C=O) groups excluding carboxylic acids is 1. The zero-order valence-corrected chi connectivity index (χ0v) is 16.0. The van der Waals surface area contributed by atoms with Crippen molar-refractivity contribution in [3.8, 4) is 11.3 Å². The van der Waals surface area contributed by atoms with E-state index in [1.165, 1.54) is 6.92 Å². The van der Waals surface area contributed by atoms with Crippen LogP contribution in [0.3, 0.4) is 0 Å². The van der Waals surface area contributed by atoms with Crippen LogP contribution in [0.2, 0.25) is 0 Å². The molecule has 0 radical (unpaired) electrons. The highest BCUT2D eigenvalue weighted by molar-refractivity contribution is 6.01. The quantitative estimate of drug-likeness (QED) is 0.652. The van der Waals surface area contributed by atoms with Crippen molar-refractivity contribution in [3.63, 3.8) is 0 Å². The lowest BCUT2D eigenvalue weighted by Crippen LogP contribution is -2.30. The minimum Gasteiger partial charge on any atom is -0.390 e. The van der Waals surface area contributed by atoms with Crippen LogP contribution in [0, 0.1) is 0 Å². The molecule has 0 bridgehead atoms. The van der Waals surface area contributed by atoms with Gasteiger partial charge in [0, 0.05) is 37.2 Å². The number of hydrogen-bond donors (Lipinski definition) is 2. The van der Waals surface area contributed by atoms with Gasteiger partial charge < -0.3 is 15.5 Å². The van der Waals surface area contributed by atoms with Crippen LogP contribution in [-0.2, 0) is 16.2 Å². The number of amides is 1. The first-order valence-electron chi connectivity index (χ1n) is 9.45. The molecule has 2 aromatic rings. The Balaban J connectivity index is 1.55. The molecule has 0 aliphatic carbocycles. The van der Waals surface area contributed by atoms with Crippen molar-refractivity contribution in [2.24, 2.45) is 5.16 Å². The fourth-order valence-electron chi connectivity index (χ4n) is 2.92. The van der Waals surface area contributed by atoms with Crippen molar-refractivity contribution < 1.29 is 14.0 Å². The number of halogens is 1. The van der Waals surface area contributed by atoms with E-state index in [9.17, 15) is 9.18 Å². The lowest BCUT2D eigenvalue weighted by molar-refractivity contribution is -0.119. The van der Waals surface area contributed by atoms with E-state index < -0.39 is 0 Å². The van der Waals surface area contributed by atoms with Gasteiger partial charge in [-0.1, -0.05) is 29.4 Å². The number of hydrogen-bond acceptors (Lipinski definition) is 5. The van der Waals surface area contributed by atoms with E-state index in [2.05, 4.69) is 32.9 Å². The van der Waals surface area contributed by atoms with Gasteiger partial charge in [-0.2, -0.15) is 0 Å². The van der Waals surface area contributed by atoms with Crippen molar-refractivity contribution in [2.45, 2.75) is 32.4 Å². The molecular weight excluding hydrogens is 359 g/mol. The number of pyridine rings is 1. The fourth-order valence-corrected chi connectivity index (χ4v) is 2.92. The molecule has 1 aliphatic rings. The summed E-state index contributed by atoms with van der Waals surface area (Å²) in [5.41, 5.74) is 4.83. The molecule has 7 heteroatoms. The molecule has 0 fully saturated rings. The SMILES string of the molecule is CC(=O)NCC1CC(c2ccc(-c3ccc(CNCCCF)cc3)nc2)=NO1. The van der Waals surface area contributed by atoms with Gasteiger partial charge in [-0.3, -0.25) is 14.2 Å². The topological polar surface area (TPSA) is 75.6 Å². The first-order chi connectivity index (χ1) is 13.7. The van der Waals surface area contributed by atoms with E-state index in [0.29, 0.717) is 25.9 Å². The van der Waals surface area contributed by atoms with E-state index in [1.54, 1.807) is 6.20 Å². The van der Waals surface area contributed by atoms with Crippen molar-refractivity contribution in [2.75, 3.05) is 19.8 Å². The van der Waals surface area contributed by atoms with Crippen molar-refractivity contribution in [1.29, 1.82) is 0 Å². The Kier molecular flexibility index (Phi) is 7.08. The maximum Gasteiger partial charge on any atom is 0.217 e. The van der Waals surface area contributed by atoms with Gasteiger partial charge in [-0.25, -0.2) is 0 Å². The summed E-state index contributed by atoms with van der Waals surface area (Å²) in [5.74, 6) is -0.0790. The van der Waals surface area contributed by atoms with E-state index >= 15 is 0 Å². The third kappa shape index (κ3) is 5.60. The van der Waals surface area contributed by atoms with Crippen molar-refractivity contribution in [3.05, 3.63) is 53.7 Å². The summed E-state index contributed by atoms with van der Waals surface area (Å²) >= 11 is 0. The summed E-state index contributed by atoms with van der Waals surface area (Å²) in [6, 6.07) is 12.1. The molecular formula is C21H25FN4O2. The first kappa shape index (κ1) is 19.9. The molecule has 0 spiro atoms. The minimum atomic E-state index is -0.290. The second kappa shape index (κ2) is 9.94. The zero-order chi connectivity index (χ0) is 19.8.